The number of nitrogens with zero attached hydrogens (tertiary/aromatic N) is 2. The molecule has 0 spiro atoms. The van der Waals surface area contributed by atoms with Gasteiger partial charge in [0, 0.05) is 19.5 Å². The summed E-state index contributed by atoms with van der Waals surface area (Å²) in [4.78, 5) is 11.7. The Balaban J connectivity index is 2.10. The summed E-state index contributed by atoms with van der Waals surface area (Å²) in [5.74, 6) is 0.905. The lowest BCUT2D eigenvalue weighted by Crippen LogP contribution is -2.24. The summed E-state index contributed by atoms with van der Waals surface area (Å²) in [5, 5.41) is 7.21. The number of aromatic nitrogens is 2. The Hall–Kier alpha value is -1.56. The van der Waals surface area contributed by atoms with Gasteiger partial charge < -0.3 is 9.73 Å². The van der Waals surface area contributed by atoms with Gasteiger partial charge in [-0.05, 0) is 35.0 Å². The fraction of sp³-hybridized carbons (Fsp3) is 0.333. The number of rotatable bonds is 4. The van der Waals surface area contributed by atoms with Crippen LogP contribution in [0, 0.1) is 0 Å². The predicted molar refractivity (Wildman–Crippen MR) is 72.7 cm³/mol. The lowest BCUT2D eigenvalue weighted by Gasteiger charge is -2.14. The summed E-state index contributed by atoms with van der Waals surface area (Å²) >= 11 is 3.28. The first kappa shape index (κ1) is 12.9. The molecule has 1 N–H and O–H groups in total. The van der Waals surface area contributed by atoms with E-state index in [1.165, 1.54) is 4.68 Å². The molecule has 5 nitrogen and oxygen atoms in total. The third-order valence-corrected chi connectivity index (χ3v) is 3.33. The van der Waals surface area contributed by atoms with Gasteiger partial charge in [-0.2, -0.15) is 5.10 Å². The molecule has 1 unspecified atom stereocenters. The summed E-state index contributed by atoms with van der Waals surface area (Å²) < 4.78 is 7.06. The number of aryl methyl sites for hydroxylation is 1. The third kappa shape index (κ3) is 2.81. The molecule has 0 amide bonds. The van der Waals surface area contributed by atoms with Crippen molar-refractivity contribution in [3.8, 4) is 0 Å². The second-order valence-corrected chi connectivity index (χ2v) is 4.92. The fourth-order valence-corrected chi connectivity index (χ4v) is 2.13. The van der Waals surface area contributed by atoms with Gasteiger partial charge >= 0.3 is 0 Å². The minimum absolute atomic E-state index is 0.140. The monoisotopic (exact) mass is 311 g/mol. The highest BCUT2D eigenvalue weighted by atomic mass is 79.9. The van der Waals surface area contributed by atoms with Gasteiger partial charge in [-0.3, -0.25) is 4.79 Å². The van der Waals surface area contributed by atoms with E-state index in [4.69, 9.17) is 4.42 Å². The van der Waals surface area contributed by atoms with Gasteiger partial charge in [0.2, 0.25) is 0 Å². The molecule has 1 atom stereocenters. The van der Waals surface area contributed by atoms with Crippen LogP contribution in [-0.2, 0) is 13.5 Å². The van der Waals surface area contributed by atoms with Gasteiger partial charge in [0.15, 0.2) is 0 Å². The van der Waals surface area contributed by atoms with E-state index in [2.05, 4.69) is 26.3 Å². The van der Waals surface area contributed by atoms with Crippen molar-refractivity contribution in [2.24, 2.45) is 7.05 Å². The second kappa shape index (κ2) is 5.39. The van der Waals surface area contributed by atoms with Crippen LogP contribution in [0.15, 0.2) is 38.3 Å². The number of nitrogens with one attached hydrogen (secondary N) is 1. The molecule has 96 valence electrons. The van der Waals surface area contributed by atoms with E-state index in [1.54, 1.807) is 19.5 Å². The van der Waals surface area contributed by atoms with Gasteiger partial charge in [0.05, 0.1) is 18.1 Å². The van der Waals surface area contributed by atoms with Gasteiger partial charge in [0.25, 0.3) is 5.56 Å². The van der Waals surface area contributed by atoms with Crippen molar-refractivity contribution in [2.75, 3.05) is 5.32 Å². The molecule has 18 heavy (non-hydrogen) atoms. The number of anilines is 1. The summed E-state index contributed by atoms with van der Waals surface area (Å²) in [5.41, 5.74) is 0.530. The summed E-state index contributed by atoms with van der Waals surface area (Å²) in [7, 11) is 1.61. The maximum atomic E-state index is 11.7. The molecule has 0 radical (unpaired) electrons. The standard InChI is InChI=1S/C12H14BrN3O2/c1-8(6-9-4-3-5-18-9)15-10-7-14-16(2)12(17)11(10)13/h3-5,7-8,15H,6H2,1-2H3. The summed E-state index contributed by atoms with van der Waals surface area (Å²) in [6.45, 7) is 2.02. The molecule has 2 rings (SSSR count). The van der Waals surface area contributed by atoms with Crippen molar-refractivity contribution in [3.05, 3.63) is 45.2 Å². The third-order valence-electron chi connectivity index (χ3n) is 2.57. The van der Waals surface area contributed by atoms with E-state index in [0.717, 1.165) is 12.2 Å². The zero-order valence-corrected chi connectivity index (χ0v) is 11.8. The average molecular weight is 312 g/mol. The quantitative estimate of drug-likeness (QED) is 0.940. The van der Waals surface area contributed by atoms with Gasteiger partial charge in [0.1, 0.15) is 10.2 Å². The number of halogens is 1. The highest BCUT2D eigenvalue weighted by Gasteiger charge is 2.11. The molecular weight excluding hydrogens is 298 g/mol. The van der Waals surface area contributed by atoms with Crippen LogP contribution in [0.1, 0.15) is 12.7 Å². The Morgan fingerprint density at radius 1 is 1.61 bits per heavy atom. The van der Waals surface area contributed by atoms with E-state index in [9.17, 15) is 4.79 Å². The van der Waals surface area contributed by atoms with E-state index in [0.29, 0.717) is 10.2 Å². The highest BCUT2D eigenvalue weighted by Crippen LogP contribution is 2.18. The zero-order chi connectivity index (χ0) is 13.1. The first-order valence-corrected chi connectivity index (χ1v) is 6.38. The first-order chi connectivity index (χ1) is 8.58. The molecule has 2 aromatic heterocycles. The van der Waals surface area contributed by atoms with Crippen molar-refractivity contribution < 1.29 is 4.42 Å². The summed E-state index contributed by atoms with van der Waals surface area (Å²) in [6, 6.07) is 3.93. The van der Waals surface area contributed by atoms with Crippen molar-refractivity contribution in [1.29, 1.82) is 0 Å². The molecular formula is C12H14BrN3O2. The Bertz CT molecular complexity index is 578. The van der Waals surface area contributed by atoms with Crippen LogP contribution in [0.25, 0.3) is 0 Å². The lowest BCUT2D eigenvalue weighted by molar-refractivity contribution is 0.497. The maximum Gasteiger partial charge on any atom is 0.282 e. The molecule has 0 bridgehead atoms. The molecule has 6 heteroatoms. The molecule has 2 heterocycles. The molecule has 0 aliphatic heterocycles. The Kier molecular flexibility index (Phi) is 3.86. The van der Waals surface area contributed by atoms with Crippen molar-refractivity contribution in [2.45, 2.75) is 19.4 Å². The molecule has 0 fully saturated rings. The van der Waals surface area contributed by atoms with Crippen LogP contribution in [0.5, 0.6) is 0 Å². The molecule has 0 aliphatic carbocycles. The minimum atomic E-state index is -0.162. The second-order valence-electron chi connectivity index (χ2n) is 4.13. The summed E-state index contributed by atoms with van der Waals surface area (Å²) in [6.07, 6.45) is 4.02. The maximum absolute atomic E-state index is 11.7. The van der Waals surface area contributed by atoms with Crippen molar-refractivity contribution in [3.63, 3.8) is 0 Å². The van der Waals surface area contributed by atoms with Crippen LogP contribution < -0.4 is 10.9 Å². The fourth-order valence-electron chi connectivity index (χ4n) is 1.66. The molecule has 0 saturated carbocycles. The van der Waals surface area contributed by atoms with Gasteiger partial charge in [-0.15, -0.1) is 0 Å². The number of hydrogen-bond donors (Lipinski definition) is 1. The minimum Gasteiger partial charge on any atom is -0.469 e. The molecule has 0 aromatic carbocycles. The van der Waals surface area contributed by atoms with Crippen molar-refractivity contribution >= 4 is 21.6 Å². The SMILES string of the molecule is CC(Cc1ccco1)Nc1cnn(C)c(=O)c1Br. The Labute approximate surface area is 113 Å². The predicted octanol–water partition coefficient (Wildman–Crippen LogP) is 2.18. The van der Waals surface area contributed by atoms with Crippen LogP contribution in [0.4, 0.5) is 5.69 Å². The van der Waals surface area contributed by atoms with Crippen molar-refractivity contribution in [1.82, 2.24) is 9.78 Å². The van der Waals surface area contributed by atoms with Crippen LogP contribution in [0.2, 0.25) is 0 Å². The normalized spacial score (nSPS) is 12.4. The topological polar surface area (TPSA) is 60.1 Å². The van der Waals surface area contributed by atoms with Crippen LogP contribution >= 0.6 is 15.9 Å². The number of furan rings is 1. The Morgan fingerprint density at radius 2 is 2.39 bits per heavy atom. The highest BCUT2D eigenvalue weighted by molar-refractivity contribution is 9.10. The smallest absolute Gasteiger partial charge is 0.282 e. The first-order valence-electron chi connectivity index (χ1n) is 5.58. The van der Waals surface area contributed by atoms with E-state index in [-0.39, 0.29) is 11.6 Å². The van der Waals surface area contributed by atoms with E-state index >= 15 is 0 Å². The largest absolute Gasteiger partial charge is 0.469 e. The molecule has 0 saturated heterocycles. The molecule has 0 aliphatic rings. The van der Waals surface area contributed by atoms with E-state index < -0.39 is 0 Å². The lowest BCUT2D eigenvalue weighted by atomic mass is 10.2. The van der Waals surface area contributed by atoms with Crippen LogP contribution in [0.3, 0.4) is 0 Å². The Morgan fingerprint density at radius 3 is 3.06 bits per heavy atom. The van der Waals surface area contributed by atoms with E-state index in [1.807, 2.05) is 19.1 Å². The van der Waals surface area contributed by atoms with Gasteiger partial charge in [-0.1, -0.05) is 0 Å². The van der Waals surface area contributed by atoms with Gasteiger partial charge in [-0.25, -0.2) is 4.68 Å². The molecule has 2 aromatic rings. The number of hydrogen-bond acceptors (Lipinski definition) is 4. The average Bonchev–Trinajstić information content (AvgIpc) is 2.83. The zero-order valence-electron chi connectivity index (χ0n) is 10.2. The van der Waals surface area contributed by atoms with Crippen LogP contribution in [-0.4, -0.2) is 15.8 Å².